The van der Waals surface area contributed by atoms with Gasteiger partial charge in [-0.3, -0.25) is 0 Å². The van der Waals surface area contributed by atoms with Crippen LogP contribution in [-0.4, -0.2) is 22.7 Å². The van der Waals surface area contributed by atoms with Crippen LogP contribution in [0.3, 0.4) is 0 Å². The normalized spacial score (nSPS) is 31.2. The Balaban J connectivity index is 2.07. The molecule has 0 spiro atoms. The van der Waals surface area contributed by atoms with Crippen molar-refractivity contribution in [3.63, 3.8) is 0 Å². The van der Waals surface area contributed by atoms with Gasteiger partial charge in [0.1, 0.15) is 0 Å². The van der Waals surface area contributed by atoms with Gasteiger partial charge in [-0.2, -0.15) is 17.0 Å². The van der Waals surface area contributed by atoms with Gasteiger partial charge in [-0.05, 0) is 36.7 Å². The molecule has 3 heteroatoms. The summed E-state index contributed by atoms with van der Waals surface area (Å²) in [6.45, 7) is 0. The maximum absolute atomic E-state index is 10.6. The Morgan fingerprint density at radius 3 is 2.35 bits per heavy atom. The fraction of sp³-hybridized carbons (Fsp3) is 0.929. The van der Waals surface area contributed by atoms with E-state index in [1.54, 1.807) is 0 Å². The van der Waals surface area contributed by atoms with Crippen molar-refractivity contribution in [3.8, 4) is 6.07 Å². The summed E-state index contributed by atoms with van der Waals surface area (Å²) in [5.74, 6) is 2.56. The Hall–Kier alpha value is -0.200. The second-order valence-corrected chi connectivity index (χ2v) is 6.75. The third kappa shape index (κ3) is 2.98. The summed E-state index contributed by atoms with van der Waals surface area (Å²) in [4.78, 5) is 0. The van der Waals surface area contributed by atoms with Crippen LogP contribution in [-0.2, 0) is 0 Å². The van der Waals surface area contributed by atoms with Crippen LogP contribution in [0.2, 0.25) is 0 Å². The molecule has 1 N–H and O–H groups in total. The quantitative estimate of drug-likeness (QED) is 0.820. The van der Waals surface area contributed by atoms with Gasteiger partial charge < -0.3 is 5.11 Å². The average Bonchev–Trinajstić information content (AvgIpc) is 2.82. The summed E-state index contributed by atoms with van der Waals surface area (Å²) >= 11 is 1.92. The Morgan fingerprint density at radius 1 is 1.18 bits per heavy atom. The van der Waals surface area contributed by atoms with Gasteiger partial charge in [0.2, 0.25) is 0 Å². The molecule has 1 aliphatic heterocycles. The zero-order valence-electron chi connectivity index (χ0n) is 10.5. The van der Waals surface area contributed by atoms with Crippen molar-refractivity contribution in [2.45, 2.75) is 57.5 Å². The molecular weight excluding hydrogens is 230 g/mol. The molecule has 1 heterocycles. The zero-order chi connectivity index (χ0) is 12.1. The van der Waals surface area contributed by atoms with E-state index in [0.29, 0.717) is 5.92 Å². The van der Waals surface area contributed by atoms with Crippen LogP contribution in [0.5, 0.6) is 0 Å². The minimum Gasteiger partial charge on any atom is -0.391 e. The van der Waals surface area contributed by atoms with Crippen molar-refractivity contribution in [3.05, 3.63) is 0 Å². The summed E-state index contributed by atoms with van der Waals surface area (Å²) in [5.41, 5.74) is -0.435. The molecule has 2 aliphatic rings. The van der Waals surface area contributed by atoms with E-state index < -0.39 is 5.41 Å². The molecule has 17 heavy (non-hydrogen) atoms. The SMILES string of the molecule is N#CC1(C(O)C2CCSC2)CCCCCCC1. The third-order valence-electron chi connectivity index (χ3n) is 4.45. The summed E-state index contributed by atoms with van der Waals surface area (Å²) < 4.78 is 0. The van der Waals surface area contributed by atoms with Crippen LogP contribution in [0.1, 0.15) is 51.4 Å². The molecule has 1 saturated carbocycles. The highest BCUT2D eigenvalue weighted by Crippen LogP contribution is 2.42. The van der Waals surface area contributed by atoms with Gasteiger partial charge in [-0.25, -0.2) is 0 Å². The second-order valence-electron chi connectivity index (χ2n) is 5.60. The summed E-state index contributed by atoms with van der Waals surface area (Å²) in [6, 6.07) is 2.50. The Labute approximate surface area is 109 Å². The number of nitrogens with zero attached hydrogens (tertiary/aromatic N) is 1. The lowest BCUT2D eigenvalue weighted by molar-refractivity contribution is 0.00641. The molecule has 2 atom stereocenters. The zero-order valence-corrected chi connectivity index (χ0v) is 11.3. The van der Waals surface area contributed by atoms with Crippen LogP contribution in [0, 0.1) is 22.7 Å². The van der Waals surface area contributed by atoms with Crippen LogP contribution in [0.25, 0.3) is 0 Å². The van der Waals surface area contributed by atoms with Crippen molar-refractivity contribution < 1.29 is 5.11 Å². The van der Waals surface area contributed by atoms with Crippen LogP contribution < -0.4 is 0 Å². The molecule has 2 fully saturated rings. The van der Waals surface area contributed by atoms with E-state index in [0.717, 1.165) is 43.6 Å². The van der Waals surface area contributed by atoms with E-state index in [-0.39, 0.29) is 6.10 Å². The fourth-order valence-electron chi connectivity index (χ4n) is 3.26. The van der Waals surface area contributed by atoms with Crippen molar-refractivity contribution in [2.24, 2.45) is 11.3 Å². The third-order valence-corrected chi connectivity index (χ3v) is 5.63. The first kappa shape index (κ1) is 13.2. The average molecular weight is 253 g/mol. The highest BCUT2D eigenvalue weighted by molar-refractivity contribution is 7.99. The van der Waals surface area contributed by atoms with E-state index in [9.17, 15) is 10.4 Å². The fourth-order valence-corrected chi connectivity index (χ4v) is 4.55. The summed E-state index contributed by atoms with van der Waals surface area (Å²) in [6.07, 6.45) is 8.52. The molecule has 1 saturated heterocycles. The number of aliphatic hydroxyl groups excluding tert-OH is 1. The molecule has 0 aromatic rings. The van der Waals surface area contributed by atoms with E-state index >= 15 is 0 Å². The molecule has 0 amide bonds. The van der Waals surface area contributed by atoms with Crippen molar-refractivity contribution in [1.82, 2.24) is 0 Å². The van der Waals surface area contributed by atoms with Crippen molar-refractivity contribution in [1.29, 1.82) is 5.26 Å². The summed E-state index contributed by atoms with van der Waals surface area (Å²) in [7, 11) is 0. The number of aliphatic hydroxyl groups is 1. The minimum atomic E-state index is -0.435. The van der Waals surface area contributed by atoms with Crippen LogP contribution in [0.4, 0.5) is 0 Å². The lowest BCUT2D eigenvalue weighted by atomic mass is 9.69. The molecule has 96 valence electrons. The van der Waals surface area contributed by atoms with Gasteiger partial charge >= 0.3 is 0 Å². The van der Waals surface area contributed by atoms with E-state index in [2.05, 4.69) is 6.07 Å². The highest BCUT2D eigenvalue weighted by Gasteiger charge is 2.42. The molecule has 1 aliphatic carbocycles. The van der Waals surface area contributed by atoms with Gasteiger partial charge in [0.25, 0.3) is 0 Å². The molecule has 2 rings (SSSR count). The van der Waals surface area contributed by atoms with E-state index in [1.165, 1.54) is 19.3 Å². The van der Waals surface area contributed by atoms with Gasteiger partial charge in [0.05, 0.1) is 17.6 Å². The number of rotatable bonds is 2. The minimum absolute atomic E-state index is 0.360. The highest BCUT2D eigenvalue weighted by atomic mass is 32.2. The lowest BCUT2D eigenvalue weighted by Gasteiger charge is -2.36. The molecule has 2 unspecified atom stereocenters. The van der Waals surface area contributed by atoms with Gasteiger partial charge in [0, 0.05) is 0 Å². The Bertz CT molecular complexity index is 272. The smallest absolute Gasteiger partial charge is 0.0835 e. The molecular formula is C14H23NOS. The Morgan fingerprint density at radius 2 is 1.82 bits per heavy atom. The maximum Gasteiger partial charge on any atom is 0.0835 e. The summed E-state index contributed by atoms with van der Waals surface area (Å²) in [5, 5.41) is 20.2. The van der Waals surface area contributed by atoms with Crippen LogP contribution >= 0.6 is 11.8 Å². The predicted octanol–water partition coefficient (Wildman–Crippen LogP) is 3.35. The molecule has 0 aromatic heterocycles. The van der Waals surface area contributed by atoms with Crippen LogP contribution in [0.15, 0.2) is 0 Å². The van der Waals surface area contributed by atoms with E-state index in [1.807, 2.05) is 11.8 Å². The standard InChI is InChI=1S/C14H23NOS/c15-11-14(7-4-2-1-3-5-8-14)13(16)12-6-9-17-10-12/h12-13,16H,1-10H2. The monoisotopic (exact) mass is 253 g/mol. The Kier molecular flexibility index (Phi) is 4.76. The van der Waals surface area contributed by atoms with Crippen molar-refractivity contribution in [2.75, 3.05) is 11.5 Å². The first-order chi connectivity index (χ1) is 8.28. The first-order valence-electron chi connectivity index (χ1n) is 6.95. The molecule has 0 aromatic carbocycles. The van der Waals surface area contributed by atoms with Crippen molar-refractivity contribution >= 4 is 11.8 Å². The van der Waals surface area contributed by atoms with E-state index in [4.69, 9.17) is 0 Å². The maximum atomic E-state index is 10.6. The van der Waals surface area contributed by atoms with Gasteiger partial charge in [-0.1, -0.05) is 32.1 Å². The number of hydrogen-bond acceptors (Lipinski definition) is 3. The number of thioether (sulfide) groups is 1. The number of nitriles is 1. The first-order valence-corrected chi connectivity index (χ1v) is 8.11. The molecule has 0 bridgehead atoms. The molecule has 0 radical (unpaired) electrons. The lowest BCUT2D eigenvalue weighted by Crippen LogP contribution is -2.40. The number of hydrogen-bond donors (Lipinski definition) is 1. The second kappa shape index (κ2) is 6.11. The van der Waals surface area contributed by atoms with Gasteiger partial charge in [-0.15, -0.1) is 0 Å². The predicted molar refractivity (Wildman–Crippen MR) is 71.8 cm³/mol. The van der Waals surface area contributed by atoms with Gasteiger partial charge in [0.15, 0.2) is 0 Å². The largest absolute Gasteiger partial charge is 0.391 e. The topological polar surface area (TPSA) is 44.0 Å². The molecule has 2 nitrogen and oxygen atoms in total.